The van der Waals surface area contributed by atoms with E-state index in [0.29, 0.717) is 6.04 Å². The first-order chi connectivity index (χ1) is 8.71. The van der Waals surface area contributed by atoms with Gasteiger partial charge < -0.3 is 25.3 Å². The van der Waals surface area contributed by atoms with Gasteiger partial charge in [-0.25, -0.2) is 10.5 Å². The molecule has 1 aromatic rings. The molecule has 0 aliphatic carbocycles. The van der Waals surface area contributed by atoms with E-state index in [0.717, 1.165) is 0 Å². The van der Waals surface area contributed by atoms with Crippen LogP contribution in [-0.4, -0.2) is 23.5 Å². The summed E-state index contributed by atoms with van der Waals surface area (Å²) >= 11 is 7.40. The Balaban J connectivity index is 0. The van der Waals surface area contributed by atoms with Crippen LogP contribution in [0.3, 0.4) is 0 Å². The van der Waals surface area contributed by atoms with Gasteiger partial charge in [-0.1, -0.05) is 16.9 Å². The summed E-state index contributed by atoms with van der Waals surface area (Å²) in [6.07, 6.45) is 6.41. The van der Waals surface area contributed by atoms with E-state index in [-0.39, 0.29) is 17.1 Å². The minimum atomic E-state index is 0. The van der Waals surface area contributed by atoms with Gasteiger partial charge in [-0.3, -0.25) is 9.88 Å². The average Bonchev–Trinajstić information content (AvgIpc) is 2.79. The van der Waals surface area contributed by atoms with Crippen LogP contribution in [0.25, 0.3) is 0 Å². The fraction of sp³-hybridized carbons (Fsp3) is 0.417. The predicted octanol–water partition coefficient (Wildman–Crippen LogP) is 1.87. The first kappa shape index (κ1) is 20.4. The van der Waals surface area contributed by atoms with Crippen LogP contribution >= 0.6 is 0 Å². The summed E-state index contributed by atoms with van der Waals surface area (Å²) in [5, 5.41) is 16.9. The number of hydrogen-bond donors (Lipinski definition) is 0. The maximum atomic E-state index is 7.13. The van der Waals surface area contributed by atoms with Crippen molar-refractivity contribution in [3.63, 3.8) is 0 Å². The van der Waals surface area contributed by atoms with Crippen LogP contribution in [0, 0.1) is 21.3 Å². The zero-order chi connectivity index (χ0) is 13.8. The summed E-state index contributed by atoms with van der Waals surface area (Å²) in [4.78, 5) is 6.54. The Morgan fingerprint density at radius 3 is 2.32 bits per heavy atom. The van der Waals surface area contributed by atoms with Crippen LogP contribution < -0.4 is 0 Å². The number of thiocyanates is 2. The molecule has 0 spiro atoms. The van der Waals surface area contributed by atoms with Crippen molar-refractivity contribution in [3.8, 4) is 10.8 Å². The van der Waals surface area contributed by atoms with Gasteiger partial charge in [-0.15, -0.1) is 0 Å². The molecule has 1 aliphatic heterocycles. The molecule has 7 heteroatoms. The van der Waals surface area contributed by atoms with Crippen molar-refractivity contribution in [1.82, 2.24) is 9.88 Å². The van der Waals surface area contributed by atoms with E-state index in [4.69, 9.17) is 10.5 Å². The van der Waals surface area contributed by atoms with E-state index < -0.39 is 0 Å². The molecule has 105 valence electrons. The van der Waals surface area contributed by atoms with Gasteiger partial charge in [0.25, 0.3) is 0 Å². The molecule has 1 saturated heterocycles. The summed E-state index contributed by atoms with van der Waals surface area (Å²) in [6.45, 7) is 1.22. The van der Waals surface area contributed by atoms with Crippen molar-refractivity contribution in [2.45, 2.75) is 18.9 Å². The van der Waals surface area contributed by atoms with E-state index >= 15 is 0 Å². The zero-order valence-corrected chi connectivity index (χ0v) is 13.0. The number of nitriles is 2. The monoisotopic (exact) mass is 341 g/mol. The van der Waals surface area contributed by atoms with E-state index in [2.05, 4.69) is 48.3 Å². The van der Waals surface area contributed by atoms with E-state index in [1.165, 1.54) is 35.8 Å². The number of nitrogens with zero attached hydrogens (tertiary/aromatic N) is 4. The maximum absolute atomic E-state index is 7.13. The second-order valence-corrected chi connectivity index (χ2v) is 3.97. The van der Waals surface area contributed by atoms with Gasteiger partial charge in [-0.2, -0.15) is 0 Å². The minimum absolute atomic E-state index is 0. The first-order valence-electron chi connectivity index (χ1n) is 5.33. The second kappa shape index (κ2) is 13.5. The molecule has 4 nitrogen and oxygen atoms in total. The van der Waals surface area contributed by atoms with Crippen molar-refractivity contribution in [2.24, 2.45) is 0 Å². The Hall–Kier alpha value is -0.951. The molecule has 0 saturated carbocycles. The number of rotatable bonds is 1. The fourth-order valence-electron chi connectivity index (χ4n) is 1.90. The van der Waals surface area contributed by atoms with Gasteiger partial charge in [0, 0.05) is 18.4 Å². The Bertz CT molecular complexity index is 390. The van der Waals surface area contributed by atoms with Gasteiger partial charge in [0.15, 0.2) is 0 Å². The van der Waals surface area contributed by atoms with Crippen LogP contribution in [0.1, 0.15) is 24.4 Å². The summed E-state index contributed by atoms with van der Waals surface area (Å²) in [5.41, 5.74) is 1.36. The number of hydrogen-bond acceptors (Lipinski definition) is 6. The molecular weight excluding hydrogens is 328 g/mol. The normalized spacial score (nSPS) is 16.3. The third-order valence-corrected chi connectivity index (χ3v) is 2.59. The Kier molecular flexibility index (Phi) is 14.5. The summed E-state index contributed by atoms with van der Waals surface area (Å²) in [6, 6.07) is 4.79. The molecular formula is C12H14CuN4S2. The maximum Gasteiger partial charge on any atom is 2.00 e. The van der Waals surface area contributed by atoms with Gasteiger partial charge >= 0.3 is 17.1 Å². The van der Waals surface area contributed by atoms with Gasteiger partial charge in [-0.05, 0) is 38.1 Å². The van der Waals surface area contributed by atoms with Crippen molar-refractivity contribution in [3.05, 3.63) is 30.1 Å². The SMILES string of the molecule is CN1CCCC1c1cccnc1.N#C[S-].N#C[S-].[Cu+2]. The van der Waals surface area contributed by atoms with Gasteiger partial charge in [0.2, 0.25) is 0 Å². The van der Waals surface area contributed by atoms with Crippen LogP contribution in [0.2, 0.25) is 0 Å². The number of pyridine rings is 1. The van der Waals surface area contributed by atoms with Gasteiger partial charge in [0.1, 0.15) is 0 Å². The number of likely N-dealkylation sites (tertiary alicyclic amines) is 1. The Labute approximate surface area is 136 Å². The van der Waals surface area contributed by atoms with Crippen molar-refractivity contribution >= 4 is 25.3 Å². The quantitative estimate of drug-likeness (QED) is 0.441. The van der Waals surface area contributed by atoms with Crippen molar-refractivity contribution in [1.29, 1.82) is 10.5 Å². The van der Waals surface area contributed by atoms with Crippen LogP contribution in [0.15, 0.2) is 24.5 Å². The molecule has 0 amide bonds. The van der Waals surface area contributed by atoms with E-state index in [9.17, 15) is 0 Å². The number of aromatic nitrogens is 1. The summed E-state index contributed by atoms with van der Waals surface area (Å²) in [5.74, 6) is 0. The molecule has 19 heavy (non-hydrogen) atoms. The third-order valence-electron chi connectivity index (χ3n) is 2.59. The molecule has 0 aromatic carbocycles. The Morgan fingerprint density at radius 1 is 1.37 bits per heavy atom. The Morgan fingerprint density at radius 2 is 1.95 bits per heavy atom. The average molecular weight is 342 g/mol. The van der Waals surface area contributed by atoms with Crippen LogP contribution in [-0.2, 0) is 42.3 Å². The largest absolute Gasteiger partial charge is 2.00 e. The summed E-state index contributed by atoms with van der Waals surface area (Å²) < 4.78 is 0. The predicted molar refractivity (Wildman–Crippen MR) is 74.8 cm³/mol. The molecule has 1 fully saturated rings. The van der Waals surface area contributed by atoms with Gasteiger partial charge in [0.05, 0.1) is 0 Å². The molecule has 1 aromatic heterocycles. The molecule has 0 N–H and O–H groups in total. The minimum Gasteiger partial charge on any atom is -0.696 e. The molecule has 0 bridgehead atoms. The third kappa shape index (κ3) is 8.72. The molecule has 1 aliphatic rings. The molecule has 1 unspecified atom stereocenters. The smallest absolute Gasteiger partial charge is 0.696 e. The van der Waals surface area contributed by atoms with Crippen molar-refractivity contribution in [2.75, 3.05) is 13.6 Å². The topological polar surface area (TPSA) is 63.7 Å². The van der Waals surface area contributed by atoms with Crippen molar-refractivity contribution < 1.29 is 17.1 Å². The van der Waals surface area contributed by atoms with Crippen LogP contribution in [0.5, 0.6) is 0 Å². The fourth-order valence-corrected chi connectivity index (χ4v) is 1.90. The molecule has 2 heterocycles. The van der Waals surface area contributed by atoms with Crippen LogP contribution in [0.4, 0.5) is 0 Å². The molecule has 1 atom stereocenters. The second-order valence-electron chi connectivity index (χ2n) is 3.61. The zero-order valence-electron chi connectivity index (χ0n) is 10.4. The van der Waals surface area contributed by atoms with E-state index in [1.54, 1.807) is 0 Å². The molecule has 1 radical (unpaired) electrons. The first-order valence-corrected chi connectivity index (χ1v) is 6.15. The van der Waals surface area contributed by atoms with E-state index in [1.807, 2.05) is 18.5 Å². The standard InChI is InChI=1S/C10H14N2.2CHNS.Cu/c1-12-7-3-5-10(12)9-4-2-6-11-8-9;2*2-1-3;/h2,4,6,8,10H,3,5,7H2,1H3;2*3H;/q;;;+2/p-2. The summed E-state index contributed by atoms with van der Waals surface area (Å²) in [7, 11) is 2.19. The molecule has 2 rings (SSSR count).